The van der Waals surface area contributed by atoms with Gasteiger partial charge in [0.05, 0.1) is 5.60 Å². The van der Waals surface area contributed by atoms with Gasteiger partial charge >= 0.3 is 12.1 Å². The van der Waals surface area contributed by atoms with E-state index in [9.17, 15) is 14.7 Å². The zero-order valence-corrected chi connectivity index (χ0v) is 17.5. The quantitative estimate of drug-likeness (QED) is 0.761. The molecule has 27 heavy (non-hydrogen) atoms. The molecule has 2 bridgehead atoms. The Labute approximate surface area is 168 Å². The largest absolute Gasteiger partial charge is 0.480 e. The van der Waals surface area contributed by atoms with Crippen molar-refractivity contribution in [3.63, 3.8) is 0 Å². The van der Waals surface area contributed by atoms with Crippen LogP contribution in [0.2, 0.25) is 0 Å². The molecule has 1 aliphatic carbocycles. The lowest BCUT2D eigenvalue weighted by atomic mass is 9.72. The number of ether oxygens (including phenoxy) is 2. The van der Waals surface area contributed by atoms with Gasteiger partial charge in [0.25, 0.3) is 0 Å². The van der Waals surface area contributed by atoms with E-state index in [0.717, 1.165) is 22.9 Å². The Hall–Kier alpha value is -1.60. The topological polar surface area (TPSA) is 76.1 Å². The molecule has 1 saturated carbocycles. The van der Waals surface area contributed by atoms with Gasteiger partial charge in [-0.2, -0.15) is 0 Å². The van der Waals surface area contributed by atoms with Gasteiger partial charge in [-0.3, -0.25) is 0 Å². The van der Waals surface area contributed by atoms with Gasteiger partial charge < -0.3 is 19.5 Å². The van der Waals surface area contributed by atoms with Gasteiger partial charge in [-0.15, -0.1) is 0 Å². The number of nitrogens with zero attached hydrogens (tertiary/aromatic N) is 1. The summed E-state index contributed by atoms with van der Waals surface area (Å²) in [7, 11) is 0. The van der Waals surface area contributed by atoms with Crippen molar-refractivity contribution in [2.24, 2.45) is 5.92 Å². The van der Waals surface area contributed by atoms with Gasteiger partial charge in [-0.25, -0.2) is 9.59 Å². The first-order chi connectivity index (χ1) is 12.6. The molecule has 148 valence electrons. The summed E-state index contributed by atoms with van der Waals surface area (Å²) >= 11 is 3.50. The average molecular weight is 440 g/mol. The predicted octanol–water partition coefficient (Wildman–Crippen LogP) is 4.17. The fourth-order valence-electron chi connectivity index (χ4n) is 4.25. The monoisotopic (exact) mass is 439 g/mol. The Bertz CT molecular complexity index is 731. The Morgan fingerprint density at radius 1 is 1.37 bits per heavy atom. The van der Waals surface area contributed by atoms with E-state index < -0.39 is 17.2 Å². The van der Waals surface area contributed by atoms with Crippen LogP contribution in [0.4, 0.5) is 4.79 Å². The number of likely N-dealkylation sites (tertiary alicyclic amines) is 1. The summed E-state index contributed by atoms with van der Waals surface area (Å²) in [6.45, 7) is 5.71. The van der Waals surface area contributed by atoms with Crippen molar-refractivity contribution in [1.29, 1.82) is 0 Å². The standard InChI is InChI=1S/C20H26BrNO5/c1-19(2,3)27-18(25)22-11-14-10-16(22)7-8-20(14,26-12-17(23)24)13-5-4-6-15(21)9-13/h4-6,9,14,16H,7-8,10-12H2,1-3H3,(H,23,24). The lowest BCUT2D eigenvalue weighted by Gasteiger charge is -2.41. The first-order valence-corrected chi connectivity index (χ1v) is 10.0. The van der Waals surface area contributed by atoms with E-state index in [1.807, 2.05) is 45.0 Å². The Kier molecular flexibility index (Phi) is 5.54. The van der Waals surface area contributed by atoms with Crippen LogP contribution in [0.1, 0.15) is 45.6 Å². The molecule has 1 aromatic rings. The van der Waals surface area contributed by atoms with Crippen LogP contribution in [-0.2, 0) is 19.9 Å². The summed E-state index contributed by atoms with van der Waals surface area (Å²) in [5, 5.41) is 9.18. The van der Waals surface area contributed by atoms with Crippen LogP contribution in [0.15, 0.2) is 28.7 Å². The molecule has 3 atom stereocenters. The lowest BCUT2D eigenvalue weighted by molar-refractivity contribution is -0.158. The number of carbonyl (C=O) groups excluding carboxylic acids is 1. The van der Waals surface area contributed by atoms with E-state index in [1.165, 1.54) is 0 Å². The highest BCUT2D eigenvalue weighted by Gasteiger charge is 2.53. The van der Waals surface area contributed by atoms with Gasteiger partial charge in [0.2, 0.25) is 0 Å². The third kappa shape index (κ3) is 4.29. The number of hydrogen-bond acceptors (Lipinski definition) is 4. The first-order valence-electron chi connectivity index (χ1n) is 9.22. The van der Waals surface area contributed by atoms with Gasteiger partial charge in [0.1, 0.15) is 12.2 Å². The Balaban J connectivity index is 1.88. The SMILES string of the molecule is CC(C)(C)OC(=O)N1CC2CC1CCC2(OCC(=O)O)c1cccc(Br)c1. The molecule has 1 amide bonds. The predicted molar refractivity (Wildman–Crippen MR) is 103 cm³/mol. The Morgan fingerprint density at radius 3 is 2.74 bits per heavy atom. The average Bonchev–Trinajstić information content (AvgIpc) is 2.92. The lowest BCUT2D eigenvalue weighted by Crippen LogP contribution is -2.42. The summed E-state index contributed by atoms with van der Waals surface area (Å²) in [4.78, 5) is 25.6. The molecule has 6 nitrogen and oxygen atoms in total. The number of rotatable bonds is 4. The minimum absolute atomic E-state index is 0.0254. The highest BCUT2D eigenvalue weighted by molar-refractivity contribution is 9.10. The van der Waals surface area contributed by atoms with Crippen LogP contribution < -0.4 is 0 Å². The van der Waals surface area contributed by atoms with Crippen LogP contribution in [0, 0.1) is 5.92 Å². The van der Waals surface area contributed by atoms with Crippen LogP contribution in [-0.4, -0.2) is 46.9 Å². The van der Waals surface area contributed by atoms with E-state index in [4.69, 9.17) is 9.47 Å². The first kappa shape index (κ1) is 20.1. The van der Waals surface area contributed by atoms with Gasteiger partial charge in [-0.1, -0.05) is 28.1 Å². The molecule has 1 N–H and O–H groups in total. The zero-order valence-electron chi connectivity index (χ0n) is 15.9. The molecule has 2 aliphatic rings. The molecule has 7 heteroatoms. The maximum atomic E-state index is 12.6. The molecule has 3 unspecified atom stereocenters. The van der Waals surface area contributed by atoms with Gasteiger partial charge in [0.15, 0.2) is 0 Å². The van der Waals surface area contributed by atoms with Crippen molar-refractivity contribution in [3.05, 3.63) is 34.3 Å². The van der Waals surface area contributed by atoms with Crippen molar-refractivity contribution in [2.45, 2.75) is 57.3 Å². The summed E-state index contributed by atoms with van der Waals surface area (Å²) in [5.74, 6) is -0.967. The van der Waals surface area contributed by atoms with Crippen molar-refractivity contribution in [1.82, 2.24) is 4.90 Å². The molecular weight excluding hydrogens is 414 g/mol. The number of fused-ring (bicyclic) bond motifs is 2. The Morgan fingerprint density at radius 2 is 2.11 bits per heavy atom. The second-order valence-electron chi connectivity index (χ2n) is 8.34. The summed E-state index contributed by atoms with van der Waals surface area (Å²) in [5.41, 5.74) is -0.308. The number of carboxylic acid groups (broad SMARTS) is 1. The van der Waals surface area contributed by atoms with E-state index >= 15 is 0 Å². The molecule has 3 rings (SSSR count). The normalized spacial score (nSPS) is 27.5. The fraction of sp³-hybridized carbons (Fsp3) is 0.600. The summed E-state index contributed by atoms with van der Waals surface area (Å²) in [6.07, 6.45) is 1.90. The molecule has 0 aromatic heterocycles. The maximum Gasteiger partial charge on any atom is 0.410 e. The van der Waals surface area contributed by atoms with E-state index in [0.29, 0.717) is 13.0 Å². The van der Waals surface area contributed by atoms with Gasteiger partial charge in [-0.05, 0) is 57.7 Å². The number of amides is 1. The molecule has 0 radical (unpaired) electrons. The van der Waals surface area contributed by atoms with Crippen molar-refractivity contribution >= 4 is 28.0 Å². The molecule has 1 saturated heterocycles. The number of halogens is 1. The van der Waals surface area contributed by atoms with E-state index in [2.05, 4.69) is 15.9 Å². The maximum absolute atomic E-state index is 12.6. The third-order valence-electron chi connectivity index (χ3n) is 5.32. The number of carboxylic acids is 1. The van der Waals surface area contributed by atoms with Crippen LogP contribution in [0.3, 0.4) is 0 Å². The van der Waals surface area contributed by atoms with Crippen molar-refractivity contribution < 1.29 is 24.2 Å². The van der Waals surface area contributed by atoms with Gasteiger partial charge in [0, 0.05) is 23.0 Å². The molecular formula is C20H26BrNO5. The number of aliphatic carboxylic acids is 1. The minimum atomic E-state index is -0.992. The van der Waals surface area contributed by atoms with Crippen molar-refractivity contribution in [3.8, 4) is 0 Å². The molecule has 1 aromatic carbocycles. The summed E-state index contributed by atoms with van der Waals surface area (Å²) in [6, 6.07) is 7.93. The van der Waals surface area contributed by atoms with Crippen LogP contribution >= 0.6 is 15.9 Å². The number of hydrogen-bond donors (Lipinski definition) is 1. The smallest absolute Gasteiger partial charge is 0.410 e. The second kappa shape index (κ2) is 7.43. The molecule has 1 heterocycles. The fourth-order valence-corrected chi connectivity index (χ4v) is 4.65. The highest BCUT2D eigenvalue weighted by Crippen LogP contribution is 2.50. The highest BCUT2D eigenvalue weighted by atomic mass is 79.9. The zero-order chi connectivity index (χ0) is 19.8. The van der Waals surface area contributed by atoms with E-state index in [1.54, 1.807) is 4.90 Å². The van der Waals surface area contributed by atoms with E-state index in [-0.39, 0.29) is 24.7 Å². The molecule has 0 spiro atoms. The van der Waals surface area contributed by atoms with Crippen LogP contribution in [0.25, 0.3) is 0 Å². The van der Waals surface area contributed by atoms with Crippen molar-refractivity contribution in [2.75, 3.05) is 13.2 Å². The second-order valence-corrected chi connectivity index (χ2v) is 9.26. The minimum Gasteiger partial charge on any atom is -0.480 e. The molecule has 2 fully saturated rings. The number of carbonyl (C=O) groups is 2. The molecule has 1 aliphatic heterocycles. The number of benzene rings is 1. The van der Waals surface area contributed by atoms with Crippen LogP contribution in [0.5, 0.6) is 0 Å². The third-order valence-corrected chi connectivity index (χ3v) is 5.81. The summed E-state index contributed by atoms with van der Waals surface area (Å²) < 4.78 is 12.5.